The van der Waals surface area contributed by atoms with Gasteiger partial charge in [0, 0.05) is 6.42 Å². The van der Waals surface area contributed by atoms with Crippen molar-refractivity contribution in [2.24, 2.45) is 5.73 Å². The number of hydrogen-bond donors (Lipinski definition) is 1. The van der Waals surface area contributed by atoms with Crippen LogP contribution in [0.15, 0.2) is 30.3 Å². The molecule has 1 aliphatic rings. The lowest BCUT2D eigenvalue weighted by atomic mass is 9.98. The Morgan fingerprint density at radius 2 is 2.05 bits per heavy atom. The summed E-state index contributed by atoms with van der Waals surface area (Å²) in [6, 6.07) is 8.91. The number of nitrogens with zero attached hydrogens (tertiary/aromatic N) is 1. The maximum Gasteiger partial charge on any atom is 0.237 e. The van der Waals surface area contributed by atoms with Crippen LogP contribution in [0.25, 0.3) is 0 Å². The zero-order chi connectivity index (χ0) is 14.7. The molecule has 2 atom stereocenters. The third kappa shape index (κ3) is 2.72. The number of carbonyl (C=O) groups excluding carboxylic acids is 2. The predicted octanol–water partition coefficient (Wildman–Crippen LogP) is 1.98. The van der Waals surface area contributed by atoms with Gasteiger partial charge in [0.05, 0.1) is 16.9 Å². The van der Waals surface area contributed by atoms with Gasteiger partial charge in [-0.3, -0.25) is 14.5 Å². The van der Waals surface area contributed by atoms with E-state index in [0.29, 0.717) is 6.42 Å². The van der Waals surface area contributed by atoms with Crippen molar-refractivity contribution in [1.29, 1.82) is 0 Å². The van der Waals surface area contributed by atoms with E-state index in [0.717, 1.165) is 12.0 Å². The topological polar surface area (TPSA) is 63.4 Å². The van der Waals surface area contributed by atoms with E-state index in [-0.39, 0.29) is 23.2 Å². The third-order valence-corrected chi connectivity index (χ3v) is 3.86. The second kappa shape index (κ2) is 6.13. The number of benzene rings is 1. The molecule has 1 aromatic carbocycles. The van der Waals surface area contributed by atoms with Gasteiger partial charge in [-0.05, 0) is 12.0 Å². The minimum atomic E-state index is -0.455. The van der Waals surface area contributed by atoms with Crippen LogP contribution in [0.5, 0.6) is 0 Å². The number of likely N-dealkylation sites (tertiary alicyclic amines) is 1. The average molecular weight is 290 g/mol. The lowest BCUT2D eigenvalue weighted by Crippen LogP contribution is -2.47. The van der Waals surface area contributed by atoms with E-state index in [2.05, 4.69) is 0 Å². The average Bonchev–Trinajstić information content (AvgIpc) is 2.72. The number of thiocarbonyl (C=S) groups is 1. The van der Waals surface area contributed by atoms with Gasteiger partial charge >= 0.3 is 0 Å². The van der Waals surface area contributed by atoms with Crippen LogP contribution in [0.1, 0.15) is 37.7 Å². The fourth-order valence-electron chi connectivity index (χ4n) is 2.60. The van der Waals surface area contributed by atoms with Crippen LogP contribution < -0.4 is 5.73 Å². The minimum absolute atomic E-state index is 0.185. The normalized spacial score (nSPS) is 20.2. The van der Waals surface area contributed by atoms with Gasteiger partial charge in [0.1, 0.15) is 0 Å². The van der Waals surface area contributed by atoms with Crippen molar-refractivity contribution < 1.29 is 9.59 Å². The largest absolute Gasteiger partial charge is 0.392 e. The zero-order valence-electron chi connectivity index (χ0n) is 11.4. The molecule has 2 N–H and O–H groups in total. The first-order valence-electron chi connectivity index (χ1n) is 6.76. The van der Waals surface area contributed by atoms with Crippen molar-refractivity contribution in [3.63, 3.8) is 0 Å². The molecule has 2 unspecified atom stereocenters. The van der Waals surface area contributed by atoms with Crippen molar-refractivity contribution in [2.45, 2.75) is 38.1 Å². The summed E-state index contributed by atoms with van der Waals surface area (Å²) in [5.74, 6) is -0.778. The van der Waals surface area contributed by atoms with E-state index in [1.54, 1.807) is 0 Å². The molecule has 0 spiro atoms. The molecule has 0 aromatic heterocycles. The van der Waals surface area contributed by atoms with Crippen molar-refractivity contribution >= 4 is 29.0 Å². The van der Waals surface area contributed by atoms with Gasteiger partial charge in [-0.15, -0.1) is 0 Å². The van der Waals surface area contributed by atoms with E-state index in [4.69, 9.17) is 18.0 Å². The molecular weight excluding hydrogens is 272 g/mol. The molecule has 2 amide bonds. The summed E-state index contributed by atoms with van der Waals surface area (Å²) in [6.45, 7) is 1.98. The molecule has 1 saturated heterocycles. The second-order valence-electron chi connectivity index (χ2n) is 4.98. The Morgan fingerprint density at radius 3 is 2.60 bits per heavy atom. The Balaban J connectivity index is 2.27. The Morgan fingerprint density at radius 1 is 1.40 bits per heavy atom. The van der Waals surface area contributed by atoms with Crippen LogP contribution in [0.2, 0.25) is 0 Å². The number of hydrogen-bond acceptors (Lipinski definition) is 3. The first-order chi connectivity index (χ1) is 9.56. The first-order valence-corrected chi connectivity index (χ1v) is 7.17. The lowest BCUT2D eigenvalue weighted by molar-refractivity contribution is -0.140. The molecule has 0 saturated carbocycles. The smallest absolute Gasteiger partial charge is 0.237 e. The molecule has 2 rings (SSSR count). The van der Waals surface area contributed by atoms with Crippen molar-refractivity contribution in [2.75, 3.05) is 0 Å². The Labute approximate surface area is 123 Å². The van der Waals surface area contributed by atoms with Gasteiger partial charge in [-0.1, -0.05) is 55.9 Å². The zero-order valence-corrected chi connectivity index (χ0v) is 12.2. The van der Waals surface area contributed by atoms with Gasteiger partial charge in [0.2, 0.25) is 11.8 Å². The van der Waals surface area contributed by atoms with E-state index < -0.39 is 12.0 Å². The molecule has 4 nitrogen and oxygen atoms in total. The number of amides is 2. The van der Waals surface area contributed by atoms with Crippen molar-refractivity contribution in [3.05, 3.63) is 35.9 Å². The fraction of sp³-hybridized carbons (Fsp3) is 0.400. The highest BCUT2D eigenvalue weighted by Crippen LogP contribution is 2.31. The molecular formula is C15H18N2O2S. The third-order valence-electron chi connectivity index (χ3n) is 3.59. The highest BCUT2D eigenvalue weighted by Gasteiger charge is 2.43. The predicted molar refractivity (Wildman–Crippen MR) is 81.1 cm³/mol. The summed E-state index contributed by atoms with van der Waals surface area (Å²) >= 11 is 5.01. The number of imide groups is 1. The van der Waals surface area contributed by atoms with Crippen LogP contribution in [0.4, 0.5) is 0 Å². The van der Waals surface area contributed by atoms with E-state index >= 15 is 0 Å². The lowest BCUT2D eigenvalue weighted by Gasteiger charge is -2.25. The molecule has 1 aromatic rings. The summed E-state index contributed by atoms with van der Waals surface area (Å²) < 4.78 is 0. The Bertz CT molecular complexity index is 530. The number of carbonyl (C=O) groups is 2. The molecule has 106 valence electrons. The Hall–Kier alpha value is -1.75. The number of rotatable bonds is 5. The SMILES string of the molecule is CCCC(C(N)=S)N1C(=O)CC(c2ccccc2)C1=O. The molecule has 1 aliphatic heterocycles. The van der Waals surface area contributed by atoms with Gasteiger partial charge in [0.25, 0.3) is 0 Å². The standard InChI is InChI=1S/C15H18N2O2S/c1-2-6-12(14(16)20)17-13(18)9-11(15(17)19)10-7-4-3-5-8-10/h3-5,7-8,11-12H,2,6,9H2,1H3,(H2,16,20). The monoisotopic (exact) mass is 290 g/mol. The van der Waals surface area contributed by atoms with Gasteiger partial charge < -0.3 is 5.73 Å². The van der Waals surface area contributed by atoms with E-state index in [1.165, 1.54) is 4.90 Å². The number of nitrogens with two attached hydrogens (primary N) is 1. The summed E-state index contributed by atoms with van der Waals surface area (Å²) in [6.07, 6.45) is 1.63. The van der Waals surface area contributed by atoms with Gasteiger partial charge in [-0.25, -0.2) is 0 Å². The quantitative estimate of drug-likeness (QED) is 0.665. The summed E-state index contributed by atoms with van der Waals surface area (Å²) in [5.41, 5.74) is 6.56. The molecule has 20 heavy (non-hydrogen) atoms. The van der Waals surface area contributed by atoms with Crippen LogP contribution in [0.3, 0.4) is 0 Å². The maximum absolute atomic E-state index is 12.5. The highest BCUT2D eigenvalue weighted by molar-refractivity contribution is 7.80. The van der Waals surface area contributed by atoms with E-state index in [9.17, 15) is 9.59 Å². The Kier molecular flexibility index (Phi) is 4.49. The van der Waals surface area contributed by atoms with Crippen LogP contribution in [-0.4, -0.2) is 27.7 Å². The molecule has 0 aliphatic carbocycles. The molecule has 1 heterocycles. The maximum atomic E-state index is 12.5. The molecule has 0 radical (unpaired) electrons. The fourth-order valence-corrected chi connectivity index (χ4v) is 2.82. The van der Waals surface area contributed by atoms with Crippen LogP contribution >= 0.6 is 12.2 Å². The second-order valence-corrected chi connectivity index (χ2v) is 5.45. The van der Waals surface area contributed by atoms with Gasteiger partial charge in [-0.2, -0.15) is 0 Å². The molecule has 0 bridgehead atoms. The van der Waals surface area contributed by atoms with E-state index in [1.807, 2.05) is 37.3 Å². The van der Waals surface area contributed by atoms with Crippen LogP contribution in [-0.2, 0) is 9.59 Å². The van der Waals surface area contributed by atoms with Gasteiger partial charge in [0.15, 0.2) is 0 Å². The first kappa shape index (κ1) is 14.7. The van der Waals surface area contributed by atoms with Crippen LogP contribution in [0, 0.1) is 0 Å². The summed E-state index contributed by atoms with van der Waals surface area (Å²) in [5, 5.41) is 0. The van der Waals surface area contributed by atoms with Crippen molar-refractivity contribution in [1.82, 2.24) is 4.90 Å². The summed E-state index contributed by atoms with van der Waals surface area (Å²) in [7, 11) is 0. The highest BCUT2D eigenvalue weighted by atomic mass is 32.1. The summed E-state index contributed by atoms with van der Waals surface area (Å²) in [4.78, 5) is 26.2. The molecule has 1 fully saturated rings. The van der Waals surface area contributed by atoms with Crippen molar-refractivity contribution in [3.8, 4) is 0 Å². The minimum Gasteiger partial charge on any atom is -0.392 e. The molecule has 5 heteroatoms.